The van der Waals surface area contributed by atoms with E-state index < -0.39 is 10.1 Å². The number of quaternary nitrogens is 1. The van der Waals surface area contributed by atoms with Gasteiger partial charge in [0.1, 0.15) is 0 Å². The monoisotopic (exact) mass is 712 g/mol. The second kappa shape index (κ2) is 34.9. The number of benzene rings is 1. The molecule has 0 saturated carbocycles. The van der Waals surface area contributed by atoms with Crippen LogP contribution in [0.15, 0.2) is 35.2 Å². The van der Waals surface area contributed by atoms with Gasteiger partial charge in [0.15, 0.2) is 0 Å². The van der Waals surface area contributed by atoms with Crippen LogP contribution in [0, 0.1) is 0 Å². The standard InChI is InChI=1S/C19H42N.C18H30O3S.BrH.Na/c1-5-6-7-8-9-10-11-12-13-14-15-16-17-18-19-20(2,3)4;1-2-3-4-5-6-7-8-9-10-14-17-21-22(19,20)18-15-12-11-13-16-18;;/h5-19H2,1-4H3;11-13,15-16H,2-10,14,17H2,1H3;1H;/q+1;;;/p-1. The molecule has 0 aliphatic heterocycles. The first-order valence-electron chi connectivity index (χ1n) is 18.0. The summed E-state index contributed by atoms with van der Waals surface area (Å²) in [4.78, 5) is 0.238. The van der Waals surface area contributed by atoms with Gasteiger partial charge in [-0.3, -0.25) is 4.18 Å². The Morgan fingerprint density at radius 1 is 0.523 bits per heavy atom. The van der Waals surface area contributed by atoms with Crippen molar-refractivity contribution in [1.29, 1.82) is 0 Å². The van der Waals surface area contributed by atoms with E-state index in [2.05, 4.69) is 35.0 Å². The van der Waals surface area contributed by atoms with E-state index >= 15 is 0 Å². The Labute approximate surface area is 309 Å². The summed E-state index contributed by atoms with van der Waals surface area (Å²) >= 11 is 0. The minimum absolute atomic E-state index is 0. The van der Waals surface area contributed by atoms with Gasteiger partial charge >= 0.3 is 0 Å². The molecule has 0 bridgehead atoms. The maximum absolute atomic E-state index is 11.9. The van der Waals surface area contributed by atoms with E-state index in [9.17, 15) is 8.42 Å². The predicted molar refractivity (Wildman–Crippen MR) is 190 cm³/mol. The Hall–Kier alpha value is 0.570. The molecule has 0 heterocycles. The zero-order valence-corrected chi connectivity index (χ0v) is 34.6. The summed E-state index contributed by atoms with van der Waals surface area (Å²) in [7, 11) is 3.31. The SMILES string of the molecule is CCCCCCCCCCCCCCCC[N+](C)(C)C.CCCCCCCCCCCCOS(=O)(=O)c1ccccc1.[Br-].[Na]. The van der Waals surface area contributed by atoms with Crippen molar-refractivity contribution in [2.75, 3.05) is 34.3 Å². The summed E-state index contributed by atoms with van der Waals surface area (Å²) in [6, 6.07) is 8.33. The minimum atomic E-state index is -3.57. The van der Waals surface area contributed by atoms with Gasteiger partial charge in [0.2, 0.25) is 0 Å². The van der Waals surface area contributed by atoms with Gasteiger partial charge in [-0.05, 0) is 31.4 Å². The maximum Gasteiger partial charge on any atom is 0.296 e. The molecule has 0 saturated heterocycles. The zero-order chi connectivity index (χ0) is 31.2. The fraction of sp³-hybridized carbons (Fsp3) is 0.838. The van der Waals surface area contributed by atoms with Crippen molar-refractivity contribution >= 4 is 39.7 Å². The summed E-state index contributed by atoms with van der Waals surface area (Å²) in [5.74, 6) is 0. The average Bonchev–Trinajstić information content (AvgIpc) is 2.96. The van der Waals surface area contributed by atoms with E-state index in [4.69, 9.17) is 4.18 Å². The van der Waals surface area contributed by atoms with E-state index in [1.807, 2.05) is 0 Å². The molecule has 0 aliphatic rings. The van der Waals surface area contributed by atoms with Gasteiger partial charge in [-0.15, -0.1) is 0 Å². The number of hydrogen-bond acceptors (Lipinski definition) is 3. The van der Waals surface area contributed by atoms with Gasteiger partial charge in [0.05, 0.1) is 39.2 Å². The zero-order valence-electron chi connectivity index (χ0n) is 30.2. The van der Waals surface area contributed by atoms with Crippen molar-refractivity contribution in [3.8, 4) is 0 Å². The van der Waals surface area contributed by atoms with Crippen LogP contribution in [-0.4, -0.2) is 76.8 Å². The predicted octanol–water partition coefficient (Wildman–Crippen LogP) is 8.11. The van der Waals surface area contributed by atoms with Crippen LogP contribution in [0.1, 0.15) is 168 Å². The summed E-state index contributed by atoms with van der Waals surface area (Å²) in [5, 5.41) is 0. The smallest absolute Gasteiger partial charge is 0.296 e. The van der Waals surface area contributed by atoms with Crippen molar-refractivity contribution in [2.24, 2.45) is 0 Å². The van der Waals surface area contributed by atoms with Gasteiger partial charge in [-0.1, -0.05) is 167 Å². The molecule has 0 aromatic heterocycles. The van der Waals surface area contributed by atoms with E-state index in [0.29, 0.717) is 0 Å². The molecule has 0 amide bonds. The third kappa shape index (κ3) is 35.4. The van der Waals surface area contributed by atoms with Crippen molar-refractivity contribution in [3.63, 3.8) is 0 Å². The van der Waals surface area contributed by atoms with Crippen molar-refractivity contribution in [3.05, 3.63) is 30.3 Å². The molecule has 0 aliphatic carbocycles. The van der Waals surface area contributed by atoms with Crippen molar-refractivity contribution in [1.82, 2.24) is 0 Å². The van der Waals surface area contributed by atoms with E-state index in [0.717, 1.165) is 17.3 Å². The molecule has 4 nitrogen and oxygen atoms in total. The van der Waals surface area contributed by atoms with Gasteiger partial charge < -0.3 is 21.5 Å². The molecule has 0 N–H and O–H groups in total. The minimum Gasteiger partial charge on any atom is -1.00 e. The van der Waals surface area contributed by atoms with Crippen LogP contribution in [0.5, 0.6) is 0 Å². The third-order valence-electron chi connectivity index (χ3n) is 7.95. The van der Waals surface area contributed by atoms with Gasteiger partial charge in [0.25, 0.3) is 10.1 Å². The summed E-state index contributed by atoms with van der Waals surface area (Å²) in [5.41, 5.74) is 0. The molecule has 257 valence electrons. The maximum atomic E-state index is 11.9. The van der Waals surface area contributed by atoms with Crippen LogP contribution in [0.3, 0.4) is 0 Å². The van der Waals surface area contributed by atoms with Crippen LogP contribution in [-0.2, 0) is 14.3 Å². The molecule has 1 rings (SSSR count). The molecule has 1 radical (unpaired) electrons. The molecule has 0 spiro atoms. The van der Waals surface area contributed by atoms with Gasteiger partial charge in [-0.25, -0.2) is 0 Å². The van der Waals surface area contributed by atoms with Crippen molar-refractivity contribution < 1.29 is 34.1 Å². The Bertz CT molecular complexity index is 788. The number of halogens is 1. The van der Waals surface area contributed by atoms with E-state index in [1.54, 1.807) is 30.3 Å². The fourth-order valence-corrected chi connectivity index (χ4v) is 6.16. The molecule has 0 unspecified atom stereocenters. The summed E-state index contributed by atoms with van der Waals surface area (Å²) in [6.45, 7) is 6.15. The number of hydrogen-bond donors (Lipinski definition) is 0. The first-order chi connectivity index (χ1) is 20.2. The molecule has 1 aromatic rings. The van der Waals surface area contributed by atoms with Crippen LogP contribution in [0.25, 0.3) is 0 Å². The largest absolute Gasteiger partial charge is 1.00 e. The third-order valence-corrected chi connectivity index (χ3v) is 9.28. The van der Waals surface area contributed by atoms with Crippen LogP contribution in [0.4, 0.5) is 0 Å². The Kier molecular flexibility index (Phi) is 38.8. The first-order valence-corrected chi connectivity index (χ1v) is 19.4. The van der Waals surface area contributed by atoms with E-state index in [1.165, 1.54) is 148 Å². The Morgan fingerprint density at radius 3 is 1.18 bits per heavy atom. The summed E-state index contributed by atoms with van der Waals surface area (Å²) in [6.07, 6.45) is 32.6. The van der Waals surface area contributed by atoms with Crippen LogP contribution >= 0.6 is 0 Å². The first kappa shape index (κ1) is 49.0. The van der Waals surface area contributed by atoms with Crippen LogP contribution < -0.4 is 17.0 Å². The summed E-state index contributed by atoms with van der Waals surface area (Å²) < 4.78 is 29.9. The molecule has 1 aromatic carbocycles. The number of rotatable bonds is 28. The molecule has 0 fully saturated rings. The molecule has 0 atom stereocenters. The Morgan fingerprint density at radius 2 is 0.841 bits per heavy atom. The topological polar surface area (TPSA) is 43.4 Å². The number of unbranched alkanes of at least 4 members (excludes halogenated alkanes) is 22. The van der Waals surface area contributed by atoms with Crippen molar-refractivity contribution in [2.45, 2.75) is 173 Å². The average molecular weight is 714 g/mol. The van der Waals surface area contributed by atoms with Gasteiger partial charge in [-0.2, -0.15) is 8.42 Å². The second-order valence-corrected chi connectivity index (χ2v) is 15.0. The normalized spacial score (nSPS) is 11.3. The fourth-order valence-electron chi connectivity index (χ4n) is 5.19. The molecular weight excluding hydrogens is 641 g/mol. The van der Waals surface area contributed by atoms with Gasteiger partial charge in [0, 0.05) is 29.6 Å². The quantitative estimate of drug-likeness (QED) is 0.0382. The van der Waals surface area contributed by atoms with E-state index in [-0.39, 0.29) is 58.0 Å². The molecule has 44 heavy (non-hydrogen) atoms. The Balaban J connectivity index is -0.000000735. The molecular formula is C37H72BrNNaO3S. The second-order valence-electron chi connectivity index (χ2n) is 13.4. The number of nitrogens with zero attached hydrogens (tertiary/aromatic N) is 1. The molecule has 7 heteroatoms. The van der Waals surface area contributed by atoms with Crippen LogP contribution in [0.2, 0.25) is 0 Å².